The van der Waals surface area contributed by atoms with Gasteiger partial charge in [0.2, 0.25) is 0 Å². The third-order valence-electron chi connectivity index (χ3n) is 3.90. The first-order valence-electron chi connectivity index (χ1n) is 7.38. The molecule has 0 aliphatic heterocycles. The molecule has 0 spiro atoms. The second-order valence-electron chi connectivity index (χ2n) is 5.55. The molecule has 0 aliphatic carbocycles. The van der Waals surface area contributed by atoms with E-state index in [0.717, 1.165) is 5.69 Å². The van der Waals surface area contributed by atoms with Crippen LogP contribution in [0.2, 0.25) is 0 Å². The van der Waals surface area contributed by atoms with Gasteiger partial charge in [0.25, 0.3) is 0 Å². The standard InChI is InChI=1S/C18H18IN3S/c1-12-9-14-10-13(3-8-17(14)22(12)2)11-20-18(23)21-16-6-4-15(19)5-7-16/h3-10H,11H2,1-2H3,(H2,20,21,23). The molecule has 3 nitrogen and oxygen atoms in total. The lowest BCUT2D eigenvalue weighted by atomic mass is 10.1. The first-order valence-corrected chi connectivity index (χ1v) is 8.87. The third kappa shape index (κ3) is 3.84. The molecular formula is C18H18IN3S. The smallest absolute Gasteiger partial charge is 0.171 e. The van der Waals surface area contributed by atoms with Crippen molar-refractivity contribution < 1.29 is 0 Å². The zero-order chi connectivity index (χ0) is 16.4. The van der Waals surface area contributed by atoms with Crippen molar-refractivity contribution in [3.05, 3.63) is 63.4 Å². The van der Waals surface area contributed by atoms with Gasteiger partial charge in [0.05, 0.1) is 0 Å². The van der Waals surface area contributed by atoms with E-state index in [1.165, 1.54) is 25.7 Å². The topological polar surface area (TPSA) is 29.0 Å². The van der Waals surface area contributed by atoms with Crippen LogP contribution in [0.5, 0.6) is 0 Å². The third-order valence-corrected chi connectivity index (χ3v) is 4.87. The molecule has 0 bridgehead atoms. The molecule has 118 valence electrons. The number of hydrogen-bond donors (Lipinski definition) is 2. The van der Waals surface area contributed by atoms with Crippen molar-refractivity contribution in [2.24, 2.45) is 7.05 Å². The summed E-state index contributed by atoms with van der Waals surface area (Å²) >= 11 is 7.65. The zero-order valence-corrected chi connectivity index (χ0v) is 16.0. The first kappa shape index (κ1) is 16.3. The van der Waals surface area contributed by atoms with E-state index >= 15 is 0 Å². The number of rotatable bonds is 3. The van der Waals surface area contributed by atoms with Gasteiger partial charge in [-0.05, 0) is 89.8 Å². The molecule has 1 heterocycles. The number of fused-ring (bicyclic) bond motifs is 1. The zero-order valence-electron chi connectivity index (χ0n) is 13.1. The van der Waals surface area contributed by atoms with Gasteiger partial charge in [-0.2, -0.15) is 0 Å². The van der Waals surface area contributed by atoms with E-state index in [9.17, 15) is 0 Å². The van der Waals surface area contributed by atoms with Gasteiger partial charge >= 0.3 is 0 Å². The Morgan fingerprint density at radius 1 is 1.13 bits per heavy atom. The summed E-state index contributed by atoms with van der Waals surface area (Å²) in [6.07, 6.45) is 0. The van der Waals surface area contributed by atoms with Gasteiger partial charge in [-0.1, -0.05) is 6.07 Å². The fourth-order valence-corrected chi connectivity index (χ4v) is 3.09. The molecule has 5 heteroatoms. The summed E-state index contributed by atoms with van der Waals surface area (Å²) in [7, 11) is 2.09. The van der Waals surface area contributed by atoms with Gasteiger partial charge in [0.15, 0.2) is 5.11 Å². The maximum atomic E-state index is 5.36. The summed E-state index contributed by atoms with van der Waals surface area (Å²) in [6.45, 7) is 2.83. The summed E-state index contributed by atoms with van der Waals surface area (Å²) in [4.78, 5) is 0. The maximum absolute atomic E-state index is 5.36. The van der Waals surface area contributed by atoms with E-state index in [1.807, 2.05) is 12.1 Å². The van der Waals surface area contributed by atoms with E-state index in [0.29, 0.717) is 11.7 Å². The highest BCUT2D eigenvalue weighted by molar-refractivity contribution is 14.1. The second-order valence-corrected chi connectivity index (χ2v) is 7.21. The lowest BCUT2D eigenvalue weighted by molar-refractivity contribution is 0.913. The molecule has 0 saturated carbocycles. The predicted molar refractivity (Wildman–Crippen MR) is 110 cm³/mol. The van der Waals surface area contributed by atoms with Crippen LogP contribution < -0.4 is 10.6 Å². The fourth-order valence-electron chi connectivity index (χ4n) is 2.54. The number of aromatic nitrogens is 1. The highest BCUT2D eigenvalue weighted by Gasteiger charge is 2.04. The molecule has 0 unspecified atom stereocenters. The van der Waals surface area contributed by atoms with Gasteiger partial charge in [0, 0.05) is 39.4 Å². The Morgan fingerprint density at radius 3 is 2.61 bits per heavy atom. The van der Waals surface area contributed by atoms with E-state index in [1.54, 1.807) is 0 Å². The van der Waals surface area contributed by atoms with Crippen LogP contribution in [0.25, 0.3) is 10.9 Å². The SMILES string of the molecule is Cc1cc2cc(CNC(=S)Nc3ccc(I)cc3)ccc2n1C. The molecule has 23 heavy (non-hydrogen) atoms. The van der Waals surface area contributed by atoms with Gasteiger partial charge in [-0.3, -0.25) is 0 Å². The van der Waals surface area contributed by atoms with E-state index in [4.69, 9.17) is 12.2 Å². The minimum Gasteiger partial charge on any atom is -0.358 e. The molecule has 1 aromatic heterocycles. The normalized spacial score (nSPS) is 10.7. The Hall–Kier alpha value is -1.60. The average molecular weight is 435 g/mol. The predicted octanol–water partition coefficient (Wildman–Crippen LogP) is 4.58. The number of thiocarbonyl (C=S) groups is 1. The van der Waals surface area contributed by atoms with Crippen LogP contribution in [0.1, 0.15) is 11.3 Å². The fraction of sp³-hybridized carbons (Fsp3) is 0.167. The molecule has 0 atom stereocenters. The monoisotopic (exact) mass is 435 g/mol. The van der Waals surface area contributed by atoms with Crippen LogP contribution >= 0.6 is 34.8 Å². The molecule has 0 saturated heterocycles. The second kappa shape index (κ2) is 6.88. The molecular weight excluding hydrogens is 417 g/mol. The van der Waals surface area contributed by atoms with E-state index in [2.05, 4.69) is 88.2 Å². The first-order chi connectivity index (χ1) is 11.0. The quantitative estimate of drug-likeness (QED) is 0.466. The molecule has 3 rings (SSSR count). The molecule has 3 aromatic rings. The van der Waals surface area contributed by atoms with Gasteiger partial charge in [-0.15, -0.1) is 0 Å². The van der Waals surface area contributed by atoms with Crippen molar-refractivity contribution >= 4 is 56.5 Å². The summed E-state index contributed by atoms with van der Waals surface area (Å²) < 4.78 is 3.41. The molecule has 2 N–H and O–H groups in total. The molecule has 2 aromatic carbocycles. The summed E-state index contributed by atoms with van der Waals surface area (Å²) in [5, 5.41) is 8.36. The van der Waals surface area contributed by atoms with Gasteiger partial charge < -0.3 is 15.2 Å². The minimum atomic E-state index is 0.635. The highest BCUT2D eigenvalue weighted by Crippen LogP contribution is 2.19. The molecule has 0 fully saturated rings. The van der Waals surface area contributed by atoms with Crippen molar-refractivity contribution in [2.45, 2.75) is 13.5 Å². The highest BCUT2D eigenvalue weighted by atomic mass is 127. The van der Waals surface area contributed by atoms with Crippen molar-refractivity contribution in [3.63, 3.8) is 0 Å². The molecule has 0 radical (unpaired) electrons. The van der Waals surface area contributed by atoms with Crippen LogP contribution in [0.3, 0.4) is 0 Å². The van der Waals surface area contributed by atoms with Crippen LogP contribution in [0.15, 0.2) is 48.5 Å². The largest absolute Gasteiger partial charge is 0.358 e. The lowest BCUT2D eigenvalue weighted by Crippen LogP contribution is -2.27. The summed E-state index contributed by atoms with van der Waals surface area (Å²) in [6, 6.07) is 16.9. The Bertz CT molecular complexity index is 853. The van der Waals surface area contributed by atoms with Crippen LogP contribution in [0, 0.1) is 10.5 Å². The van der Waals surface area contributed by atoms with E-state index in [-0.39, 0.29) is 0 Å². The lowest BCUT2D eigenvalue weighted by Gasteiger charge is -2.11. The number of nitrogens with zero attached hydrogens (tertiary/aromatic N) is 1. The van der Waals surface area contributed by atoms with Gasteiger partial charge in [-0.25, -0.2) is 0 Å². The average Bonchev–Trinajstić information content (AvgIpc) is 2.82. The Balaban J connectivity index is 1.63. The van der Waals surface area contributed by atoms with Crippen molar-refractivity contribution in [2.75, 3.05) is 5.32 Å². The van der Waals surface area contributed by atoms with Gasteiger partial charge in [0.1, 0.15) is 0 Å². The summed E-state index contributed by atoms with van der Waals surface area (Å²) in [5.41, 5.74) is 4.73. The summed E-state index contributed by atoms with van der Waals surface area (Å²) in [5.74, 6) is 0. The number of hydrogen-bond acceptors (Lipinski definition) is 1. The number of nitrogens with one attached hydrogen (secondary N) is 2. The number of halogens is 1. The Kier molecular flexibility index (Phi) is 4.87. The van der Waals surface area contributed by atoms with Crippen LogP contribution in [-0.2, 0) is 13.6 Å². The number of anilines is 1. The number of benzene rings is 2. The van der Waals surface area contributed by atoms with Crippen molar-refractivity contribution in [1.82, 2.24) is 9.88 Å². The number of aryl methyl sites for hydroxylation is 2. The molecule has 0 aliphatic rings. The Morgan fingerprint density at radius 2 is 1.87 bits per heavy atom. The van der Waals surface area contributed by atoms with Crippen molar-refractivity contribution in [1.29, 1.82) is 0 Å². The minimum absolute atomic E-state index is 0.635. The molecule has 0 amide bonds. The Labute approximate surface area is 155 Å². The maximum Gasteiger partial charge on any atom is 0.171 e. The van der Waals surface area contributed by atoms with Crippen LogP contribution in [0.4, 0.5) is 5.69 Å². The van der Waals surface area contributed by atoms with Crippen LogP contribution in [-0.4, -0.2) is 9.68 Å². The van der Waals surface area contributed by atoms with E-state index < -0.39 is 0 Å². The van der Waals surface area contributed by atoms with Crippen molar-refractivity contribution in [3.8, 4) is 0 Å².